The zero-order chi connectivity index (χ0) is 28.8. The van der Waals surface area contributed by atoms with Gasteiger partial charge >= 0.3 is 0 Å². The number of benzene rings is 1. The zero-order valence-electron chi connectivity index (χ0n) is 23.5. The Morgan fingerprint density at radius 2 is 1.81 bits per heavy atom. The van der Waals surface area contributed by atoms with Gasteiger partial charge in [-0.3, -0.25) is 9.59 Å². The number of rotatable bonds is 8. The van der Waals surface area contributed by atoms with E-state index < -0.39 is 0 Å². The molecule has 10 nitrogen and oxygen atoms in total. The number of pyridine rings is 1. The molecule has 2 N–H and O–H groups in total. The van der Waals surface area contributed by atoms with Crippen molar-refractivity contribution >= 4 is 46.4 Å². The number of aromatic nitrogens is 4. The number of nitrogens with one attached hydrogen (secondary N) is 2. The van der Waals surface area contributed by atoms with Gasteiger partial charge in [0.15, 0.2) is 5.65 Å². The molecule has 4 heterocycles. The van der Waals surface area contributed by atoms with Crippen molar-refractivity contribution in [2.45, 2.75) is 44.6 Å². The average Bonchev–Trinajstić information content (AvgIpc) is 3.92. The number of imidazole rings is 1. The van der Waals surface area contributed by atoms with E-state index in [9.17, 15) is 9.59 Å². The molecular formula is C31H33ClN8O2. The van der Waals surface area contributed by atoms with Crippen LogP contribution in [0.1, 0.15) is 54.8 Å². The quantitative estimate of drug-likeness (QED) is 0.310. The summed E-state index contributed by atoms with van der Waals surface area (Å²) >= 11 is 6.12. The fraction of sp³-hybridized carbons (Fsp3) is 0.387. The van der Waals surface area contributed by atoms with Crippen LogP contribution in [-0.4, -0.2) is 62.2 Å². The smallest absolute Gasteiger partial charge is 0.229 e. The summed E-state index contributed by atoms with van der Waals surface area (Å²) in [5.74, 6) is 1.86. The maximum absolute atomic E-state index is 12.9. The van der Waals surface area contributed by atoms with E-state index in [2.05, 4.69) is 48.4 Å². The number of halogens is 1. The molecule has 42 heavy (non-hydrogen) atoms. The van der Waals surface area contributed by atoms with E-state index in [-0.39, 0.29) is 23.7 Å². The third-order valence-corrected chi connectivity index (χ3v) is 8.73. The van der Waals surface area contributed by atoms with Crippen molar-refractivity contribution in [1.29, 1.82) is 0 Å². The highest BCUT2D eigenvalue weighted by molar-refractivity contribution is 6.30. The van der Waals surface area contributed by atoms with Crippen LogP contribution in [0.5, 0.6) is 0 Å². The summed E-state index contributed by atoms with van der Waals surface area (Å²) in [6.07, 6.45) is 8.96. The van der Waals surface area contributed by atoms with Crippen molar-refractivity contribution in [3.05, 3.63) is 77.0 Å². The average molecular weight is 585 g/mol. The number of piperazine rings is 1. The van der Waals surface area contributed by atoms with Crippen molar-refractivity contribution in [1.82, 2.24) is 24.3 Å². The molecule has 7 rings (SSSR count). The van der Waals surface area contributed by atoms with Crippen molar-refractivity contribution in [3.63, 3.8) is 0 Å². The van der Waals surface area contributed by atoms with Crippen molar-refractivity contribution < 1.29 is 9.59 Å². The molecule has 2 amide bonds. The molecule has 4 aromatic rings. The van der Waals surface area contributed by atoms with Gasteiger partial charge in [0.05, 0.1) is 17.9 Å². The summed E-state index contributed by atoms with van der Waals surface area (Å²) in [6, 6.07) is 11.7. The molecule has 0 bridgehead atoms. The minimum absolute atomic E-state index is 0.0480. The van der Waals surface area contributed by atoms with E-state index in [4.69, 9.17) is 16.6 Å². The molecule has 11 heteroatoms. The van der Waals surface area contributed by atoms with E-state index in [1.165, 1.54) is 24.7 Å². The Hall–Kier alpha value is -4.18. The van der Waals surface area contributed by atoms with E-state index >= 15 is 0 Å². The zero-order valence-corrected chi connectivity index (χ0v) is 24.2. The van der Waals surface area contributed by atoms with Crippen molar-refractivity contribution in [3.8, 4) is 0 Å². The third-order valence-electron chi connectivity index (χ3n) is 8.49. The van der Waals surface area contributed by atoms with Gasteiger partial charge in [-0.1, -0.05) is 23.7 Å². The number of amides is 2. The summed E-state index contributed by atoms with van der Waals surface area (Å²) in [6.45, 7) is 5.13. The van der Waals surface area contributed by atoms with Crippen LogP contribution in [0.2, 0.25) is 5.02 Å². The van der Waals surface area contributed by atoms with Gasteiger partial charge in [-0.25, -0.2) is 15.0 Å². The van der Waals surface area contributed by atoms with Crippen LogP contribution in [0.25, 0.3) is 5.65 Å². The van der Waals surface area contributed by atoms with Gasteiger partial charge in [-0.2, -0.15) is 0 Å². The lowest BCUT2D eigenvalue weighted by atomic mass is 10.1. The molecule has 3 aromatic heterocycles. The number of hydrogen-bond donors (Lipinski definition) is 2. The Kier molecular flexibility index (Phi) is 6.93. The molecule has 1 aromatic carbocycles. The van der Waals surface area contributed by atoms with E-state index in [1.54, 1.807) is 13.0 Å². The third kappa shape index (κ3) is 5.63. The Bertz CT molecular complexity index is 1660. The first-order chi connectivity index (χ1) is 20.4. The summed E-state index contributed by atoms with van der Waals surface area (Å²) in [4.78, 5) is 42.5. The van der Waals surface area contributed by atoms with Crippen LogP contribution in [0.15, 0.2) is 55.1 Å². The molecule has 0 radical (unpaired) electrons. The van der Waals surface area contributed by atoms with Gasteiger partial charge < -0.3 is 24.8 Å². The second-order valence-corrected chi connectivity index (χ2v) is 12.0. The van der Waals surface area contributed by atoms with Crippen LogP contribution in [-0.2, 0) is 16.1 Å². The number of carbonyl (C=O) groups is 2. The highest BCUT2D eigenvalue weighted by Gasteiger charge is 2.44. The molecule has 0 spiro atoms. The number of anilines is 3. The molecule has 2 saturated carbocycles. The molecule has 2 atom stereocenters. The Labute approximate surface area is 249 Å². The van der Waals surface area contributed by atoms with Crippen LogP contribution < -0.4 is 15.5 Å². The molecule has 3 aliphatic rings. The van der Waals surface area contributed by atoms with E-state index in [0.29, 0.717) is 29.1 Å². The Morgan fingerprint density at radius 1 is 1.00 bits per heavy atom. The number of nitrogens with zero attached hydrogens (tertiary/aromatic N) is 6. The molecule has 0 unspecified atom stereocenters. The maximum Gasteiger partial charge on any atom is 0.229 e. The normalized spacial score (nSPS) is 20.0. The van der Waals surface area contributed by atoms with Crippen molar-refractivity contribution in [2.75, 3.05) is 41.7 Å². The first kappa shape index (κ1) is 26.7. The van der Waals surface area contributed by atoms with Gasteiger partial charge in [-0.15, -0.1) is 0 Å². The number of carbonyl (C=O) groups excluding carboxylic acids is 2. The second kappa shape index (κ2) is 10.9. The van der Waals surface area contributed by atoms with Crippen LogP contribution in [0, 0.1) is 5.92 Å². The number of fused-ring (bicyclic) bond motifs is 1. The van der Waals surface area contributed by atoms with E-state index in [0.717, 1.165) is 55.2 Å². The standard InChI is InChI=1S/C31H33ClN8O2/c1-19(41)38-7-9-39(10-8-38)27-12-22(20-5-6-20)16-40-17-24(36-30(27)40)15-33-28-14-29(35-18-34-28)37-31(42)26-13-25(26)21-3-2-4-23(32)11-21/h2-4,11-12,14,16-18,20,25-26H,5-10,13,15H2,1H3,(H2,33,34,35,37,42)/t25-,26+/m1/s1. The van der Waals surface area contributed by atoms with Crippen LogP contribution >= 0.6 is 11.6 Å². The van der Waals surface area contributed by atoms with Gasteiger partial charge in [0.2, 0.25) is 11.8 Å². The second-order valence-electron chi connectivity index (χ2n) is 11.5. The van der Waals surface area contributed by atoms with Gasteiger partial charge in [0.25, 0.3) is 0 Å². The molecule has 2 aliphatic carbocycles. The first-order valence-corrected chi connectivity index (χ1v) is 14.9. The van der Waals surface area contributed by atoms with Gasteiger partial charge in [0, 0.05) is 62.5 Å². The maximum atomic E-state index is 12.9. The lowest BCUT2D eigenvalue weighted by Gasteiger charge is -2.35. The van der Waals surface area contributed by atoms with Gasteiger partial charge in [-0.05, 0) is 60.4 Å². The predicted molar refractivity (Wildman–Crippen MR) is 162 cm³/mol. The topological polar surface area (TPSA) is 108 Å². The monoisotopic (exact) mass is 584 g/mol. The molecule has 216 valence electrons. The minimum atomic E-state index is -0.0898. The Morgan fingerprint density at radius 3 is 2.57 bits per heavy atom. The predicted octanol–water partition coefficient (Wildman–Crippen LogP) is 4.68. The highest BCUT2D eigenvalue weighted by atomic mass is 35.5. The lowest BCUT2D eigenvalue weighted by Crippen LogP contribution is -2.48. The van der Waals surface area contributed by atoms with E-state index in [1.807, 2.05) is 29.2 Å². The summed E-state index contributed by atoms with van der Waals surface area (Å²) < 4.78 is 2.13. The largest absolute Gasteiger partial charge is 0.365 e. The fourth-order valence-electron chi connectivity index (χ4n) is 5.89. The number of hydrogen-bond acceptors (Lipinski definition) is 7. The Balaban J connectivity index is 1.02. The SMILES string of the molecule is CC(=O)N1CCN(c2cc(C3CC3)cn3cc(CNc4cc(NC(=O)[C@H]5C[C@@H]5c5cccc(Cl)c5)ncn4)nc23)CC1. The molecule has 3 fully saturated rings. The van der Waals surface area contributed by atoms with Crippen LogP contribution in [0.4, 0.5) is 17.3 Å². The summed E-state index contributed by atoms with van der Waals surface area (Å²) in [5.41, 5.74) is 5.36. The summed E-state index contributed by atoms with van der Waals surface area (Å²) in [5, 5.41) is 6.96. The highest BCUT2D eigenvalue weighted by Crippen LogP contribution is 2.48. The molecule has 1 aliphatic heterocycles. The van der Waals surface area contributed by atoms with Crippen molar-refractivity contribution in [2.24, 2.45) is 5.92 Å². The molecular weight excluding hydrogens is 552 g/mol. The molecule has 1 saturated heterocycles. The lowest BCUT2D eigenvalue weighted by molar-refractivity contribution is -0.129. The fourth-order valence-corrected chi connectivity index (χ4v) is 6.08. The minimum Gasteiger partial charge on any atom is -0.365 e. The van der Waals surface area contributed by atoms with Gasteiger partial charge in [0.1, 0.15) is 18.0 Å². The summed E-state index contributed by atoms with van der Waals surface area (Å²) in [7, 11) is 0. The van der Waals surface area contributed by atoms with Crippen LogP contribution in [0.3, 0.4) is 0 Å². The first-order valence-electron chi connectivity index (χ1n) is 14.6.